The second-order valence-electron chi connectivity index (χ2n) is 2.50. The molecule has 0 atom stereocenters. The van der Waals surface area contributed by atoms with Crippen LogP contribution in [-0.4, -0.2) is 11.2 Å². The smallest absolute Gasteiger partial charge is 0.174 e. The zero-order valence-corrected chi connectivity index (χ0v) is 7.75. The van der Waals surface area contributed by atoms with E-state index in [-0.39, 0.29) is 11.4 Å². The van der Waals surface area contributed by atoms with Crippen LogP contribution in [0.3, 0.4) is 0 Å². The predicted octanol–water partition coefficient (Wildman–Crippen LogP) is 0.718. The van der Waals surface area contributed by atoms with Gasteiger partial charge in [0.25, 0.3) is 0 Å². The number of aromatic nitrogens is 1. The van der Waals surface area contributed by atoms with E-state index in [1.807, 2.05) is 0 Å². The van der Waals surface area contributed by atoms with Gasteiger partial charge in [0.15, 0.2) is 5.70 Å². The quantitative estimate of drug-likeness (QED) is 0.557. The molecule has 0 unspecified atom stereocenters. The summed E-state index contributed by atoms with van der Waals surface area (Å²) in [5, 5.41) is 17.1. The molecule has 72 valence electrons. The van der Waals surface area contributed by atoms with Gasteiger partial charge in [0, 0.05) is 6.20 Å². The monoisotopic (exact) mass is 197 g/mol. The van der Waals surface area contributed by atoms with Crippen LogP contribution in [0.2, 0.25) is 0 Å². The van der Waals surface area contributed by atoms with Crippen LogP contribution in [-0.2, 0) is 0 Å². The number of nitrogens with two attached hydrogens (primary N) is 1. The van der Waals surface area contributed by atoms with Crippen molar-refractivity contribution in [3.8, 4) is 12.1 Å². The third-order valence-corrected chi connectivity index (χ3v) is 1.50. The van der Waals surface area contributed by atoms with Gasteiger partial charge < -0.3 is 5.73 Å². The van der Waals surface area contributed by atoms with E-state index in [1.165, 1.54) is 6.21 Å². The average molecular weight is 197 g/mol. The number of allylic oxidation sites excluding steroid dienone is 2. The van der Waals surface area contributed by atoms with Gasteiger partial charge >= 0.3 is 0 Å². The molecule has 0 fully saturated rings. The van der Waals surface area contributed by atoms with Gasteiger partial charge in [-0.3, -0.25) is 4.98 Å². The Bertz CT molecular complexity index is 473. The number of pyridine rings is 1. The van der Waals surface area contributed by atoms with E-state index in [4.69, 9.17) is 16.3 Å². The molecular formula is C10H7N5. The lowest BCUT2D eigenvalue weighted by Gasteiger charge is -1.91. The molecule has 0 radical (unpaired) electrons. The molecule has 1 aromatic rings. The van der Waals surface area contributed by atoms with Gasteiger partial charge in [-0.2, -0.15) is 10.5 Å². The number of hydrogen-bond donors (Lipinski definition) is 1. The molecule has 1 rings (SSSR count). The molecule has 0 amide bonds. The maximum absolute atomic E-state index is 8.63. The van der Waals surface area contributed by atoms with Crippen LogP contribution in [0.1, 0.15) is 5.69 Å². The zero-order valence-electron chi connectivity index (χ0n) is 7.75. The van der Waals surface area contributed by atoms with Crippen molar-refractivity contribution in [3.63, 3.8) is 0 Å². The topological polar surface area (TPSA) is 98.8 Å². The van der Waals surface area contributed by atoms with Gasteiger partial charge in [0.05, 0.1) is 11.9 Å². The Morgan fingerprint density at radius 1 is 1.40 bits per heavy atom. The summed E-state index contributed by atoms with van der Waals surface area (Å²) in [6.07, 6.45) is 2.98. The number of aliphatic imine (C=N–C) groups is 1. The van der Waals surface area contributed by atoms with E-state index < -0.39 is 0 Å². The summed E-state index contributed by atoms with van der Waals surface area (Å²) in [5.41, 5.74) is 5.54. The van der Waals surface area contributed by atoms with Crippen molar-refractivity contribution in [2.24, 2.45) is 10.7 Å². The molecule has 1 heterocycles. The Morgan fingerprint density at radius 3 is 2.73 bits per heavy atom. The third kappa shape index (κ3) is 2.94. The summed E-state index contributed by atoms with van der Waals surface area (Å²) in [7, 11) is 0. The Morgan fingerprint density at radius 2 is 2.20 bits per heavy atom. The lowest BCUT2D eigenvalue weighted by molar-refractivity contribution is 1.25. The minimum atomic E-state index is -0.204. The third-order valence-electron chi connectivity index (χ3n) is 1.50. The van der Waals surface area contributed by atoms with Crippen LogP contribution in [0.5, 0.6) is 0 Å². The van der Waals surface area contributed by atoms with E-state index in [0.29, 0.717) is 5.69 Å². The molecule has 0 aliphatic carbocycles. The Balaban J connectivity index is 2.93. The van der Waals surface area contributed by atoms with Crippen LogP contribution in [0.15, 0.2) is 40.8 Å². The number of nitriles is 2. The number of hydrogen-bond acceptors (Lipinski definition) is 5. The van der Waals surface area contributed by atoms with Crippen LogP contribution < -0.4 is 5.73 Å². The van der Waals surface area contributed by atoms with Crippen molar-refractivity contribution in [3.05, 3.63) is 41.5 Å². The summed E-state index contributed by atoms with van der Waals surface area (Å²) in [6, 6.07) is 8.66. The fraction of sp³-hybridized carbons (Fsp3) is 0. The molecule has 0 saturated heterocycles. The normalized spacial score (nSPS) is 11.6. The standard InChI is InChI=1S/C10H7N5/c11-5-9(13)10(6-12)15-7-8-3-1-2-4-14-8/h1-4,7H,13H2/b10-9-,15-7+. The molecule has 5 heteroatoms. The highest BCUT2D eigenvalue weighted by Crippen LogP contribution is 1.99. The second kappa shape index (κ2) is 5.15. The molecule has 15 heavy (non-hydrogen) atoms. The molecule has 0 saturated carbocycles. The first-order valence-corrected chi connectivity index (χ1v) is 4.03. The van der Waals surface area contributed by atoms with Gasteiger partial charge in [-0.25, -0.2) is 4.99 Å². The van der Waals surface area contributed by atoms with Gasteiger partial charge in [0.2, 0.25) is 0 Å². The molecule has 1 aromatic heterocycles. The summed E-state index contributed by atoms with van der Waals surface area (Å²) in [4.78, 5) is 7.73. The van der Waals surface area contributed by atoms with Gasteiger partial charge in [0.1, 0.15) is 17.8 Å². The van der Waals surface area contributed by atoms with Crippen molar-refractivity contribution >= 4 is 6.21 Å². The number of nitrogens with zero attached hydrogens (tertiary/aromatic N) is 4. The van der Waals surface area contributed by atoms with Crippen molar-refractivity contribution in [2.45, 2.75) is 0 Å². The zero-order chi connectivity index (χ0) is 11.1. The first-order chi connectivity index (χ1) is 7.27. The van der Waals surface area contributed by atoms with Crippen LogP contribution in [0, 0.1) is 22.7 Å². The fourth-order valence-electron chi connectivity index (χ4n) is 0.795. The molecule has 5 nitrogen and oxygen atoms in total. The Kier molecular flexibility index (Phi) is 3.58. The van der Waals surface area contributed by atoms with E-state index >= 15 is 0 Å². The van der Waals surface area contributed by atoms with E-state index in [0.717, 1.165) is 0 Å². The molecule has 2 N–H and O–H groups in total. The molecule has 0 aromatic carbocycles. The summed E-state index contributed by atoms with van der Waals surface area (Å²) in [6.45, 7) is 0. The van der Waals surface area contributed by atoms with E-state index in [9.17, 15) is 0 Å². The largest absolute Gasteiger partial charge is 0.388 e. The van der Waals surface area contributed by atoms with Gasteiger partial charge in [-0.05, 0) is 12.1 Å². The van der Waals surface area contributed by atoms with E-state index in [1.54, 1.807) is 36.5 Å². The molecular weight excluding hydrogens is 190 g/mol. The van der Waals surface area contributed by atoms with Crippen LogP contribution in [0.25, 0.3) is 0 Å². The first-order valence-electron chi connectivity index (χ1n) is 4.03. The minimum absolute atomic E-state index is 0.108. The first kappa shape index (κ1) is 10.4. The summed E-state index contributed by atoms with van der Waals surface area (Å²) in [5.74, 6) is 0. The SMILES string of the molecule is N#C/C(N)=C(C#N)/N=C/c1ccccn1. The summed E-state index contributed by atoms with van der Waals surface area (Å²) >= 11 is 0. The highest BCUT2D eigenvalue weighted by molar-refractivity contribution is 5.78. The van der Waals surface area contributed by atoms with Crippen LogP contribution >= 0.6 is 0 Å². The van der Waals surface area contributed by atoms with Crippen molar-refractivity contribution in [1.82, 2.24) is 4.98 Å². The number of rotatable bonds is 2. The summed E-state index contributed by atoms with van der Waals surface area (Å²) < 4.78 is 0. The minimum Gasteiger partial charge on any atom is -0.388 e. The maximum Gasteiger partial charge on any atom is 0.174 e. The van der Waals surface area contributed by atoms with Crippen molar-refractivity contribution in [2.75, 3.05) is 0 Å². The maximum atomic E-state index is 8.63. The lowest BCUT2D eigenvalue weighted by atomic mass is 10.3. The molecule has 0 aliphatic heterocycles. The highest BCUT2D eigenvalue weighted by Gasteiger charge is 1.98. The highest BCUT2D eigenvalue weighted by atomic mass is 14.8. The predicted molar refractivity (Wildman–Crippen MR) is 54.3 cm³/mol. The second-order valence-corrected chi connectivity index (χ2v) is 2.50. The van der Waals surface area contributed by atoms with Crippen molar-refractivity contribution in [1.29, 1.82) is 10.5 Å². The van der Waals surface area contributed by atoms with Crippen molar-refractivity contribution < 1.29 is 0 Å². The average Bonchev–Trinajstić information content (AvgIpc) is 2.31. The molecule has 0 bridgehead atoms. The molecule has 0 aliphatic rings. The lowest BCUT2D eigenvalue weighted by Crippen LogP contribution is -1.97. The molecule has 0 spiro atoms. The Hall–Kier alpha value is -2.66. The van der Waals surface area contributed by atoms with Gasteiger partial charge in [-0.1, -0.05) is 6.07 Å². The fourth-order valence-corrected chi connectivity index (χ4v) is 0.795. The van der Waals surface area contributed by atoms with Gasteiger partial charge in [-0.15, -0.1) is 0 Å². The van der Waals surface area contributed by atoms with Crippen LogP contribution in [0.4, 0.5) is 0 Å². The Labute approximate surface area is 86.8 Å². The van der Waals surface area contributed by atoms with E-state index in [2.05, 4.69) is 9.98 Å².